The summed E-state index contributed by atoms with van der Waals surface area (Å²) >= 11 is 0. The van der Waals surface area contributed by atoms with Crippen molar-refractivity contribution in [3.05, 3.63) is 42.7 Å². The van der Waals surface area contributed by atoms with Crippen LogP contribution in [0.15, 0.2) is 37.2 Å². The number of carboxylic acids is 1. The van der Waals surface area contributed by atoms with E-state index in [1.54, 1.807) is 0 Å². The number of nitrogens with zero attached hydrogens (tertiary/aromatic N) is 2. The number of rotatable bonds is 10. The highest BCUT2D eigenvalue weighted by atomic mass is 16.4. The molecule has 1 saturated heterocycles. The molecule has 4 nitrogen and oxygen atoms in total. The molecule has 140 valence electrons. The van der Waals surface area contributed by atoms with E-state index < -0.39 is 5.97 Å². The molecule has 2 rings (SSSR count). The molecule has 0 saturated carbocycles. The van der Waals surface area contributed by atoms with Gasteiger partial charge in [-0.05, 0) is 57.3 Å². The van der Waals surface area contributed by atoms with E-state index in [0.29, 0.717) is 12.5 Å². The minimum Gasteiger partial charge on any atom is -0.481 e. The number of likely N-dealkylation sites (tertiary alicyclic amines) is 1. The molecular formula is C21H34N2O2. The number of hydrogen-bond acceptors (Lipinski definition) is 3. The number of unbranched alkanes of at least 4 members (excludes halogenated alkanes) is 6. The van der Waals surface area contributed by atoms with Crippen LogP contribution in [-0.4, -0.2) is 34.6 Å². The predicted octanol–water partition coefficient (Wildman–Crippen LogP) is 5.23. The molecule has 0 radical (unpaired) electrons. The summed E-state index contributed by atoms with van der Waals surface area (Å²) in [4.78, 5) is 16.7. The first kappa shape index (κ1) is 21.4. The topological polar surface area (TPSA) is 53.4 Å². The number of aromatic nitrogens is 1. The smallest absolute Gasteiger partial charge is 0.303 e. The highest BCUT2D eigenvalue weighted by Gasteiger charge is 2.21. The molecular weight excluding hydrogens is 312 g/mol. The number of carboxylic acid groups (broad SMARTS) is 1. The Morgan fingerprint density at radius 3 is 2.60 bits per heavy atom. The van der Waals surface area contributed by atoms with E-state index in [9.17, 15) is 4.79 Å². The van der Waals surface area contributed by atoms with Crippen LogP contribution in [0.25, 0.3) is 0 Å². The third-order valence-corrected chi connectivity index (χ3v) is 4.64. The maximum atomic E-state index is 10.2. The maximum absolute atomic E-state index is 10.2. The van der Waals surface area contributed by atoms with Crippen LogP contribution in [0.3, 0.4) is 0 Å². The molecule has 1 atom stereocenters. The van der Waals surface area contributed by atoms with Crippen LogP contribution in [0.2, 0.25) is 0 Å². The molecule has 0 bridgehead atoms. The molecule has 0 amide bonds. The Morgan fingerprint density at radius 2 is 2.04 bits per heavy atom. The highest BCUT2D eigenvalue weighted by Crippen LogP contribution is 2.29. The van der Waals surface area contributed by atoms with Gasteiger partial charge in [-0.3, -0.25) is 14.7 Å². The van der Waals surface area contributed by atoms with Crippen LogP contribution in [0.1, 0.15) is 75.8 Å². The van der Waals surface area contributed by atoms with Crippen LogP contribution < -0.4 is 0 Å². The first-order chi connectivity index (χ1) is 12.1. The summed E-state index contributed by atoms with van der Waals surface area (Å²) in [6.45, 7) is 4.88. The summed E-state index contributed by atoms with van der Waals surface area (Å²) in [7, 11) is 2.19. The van der Waals surface area contributed by atoms with Crippen molar-refractivity contribution in [1.29, 1.82) is 0 Å². The average Bonchev–Trinajstić information content (AvgIpc) is 3.04. The minimum absolute atomic E-state index is 0.326. The van der Waals surface area contributed by atoms with Crippen LogP contribution in [0.4, 0.5) is 0 Å². The molecule has 1 aromatic heterocycles. The molecule has 1 aliphatic heterocycles. The van der Waals surface area contributed by atoms with Crippen molar-refractivity contribution in [2.24, 2.45) is 0 Å². The van der Waals surface area contributed by atoms with Crippen molar-refractivity contribution in [2.45, 2.75) is 70.3 Å². The molecule has 1 aliphatic rings. The normalized spacial score (nSPS) is 16.9. The van der Waals surface area contributed by atoms with Crippen molar-refractivity contribution in [3.63, 3.8) is 0 Å². The van der Waals surface area contributed by atoms with Crippen molar-refractivity contribution < 1.29 is 9.90 Å². The van der Waals surface area contributed by atoms with Gasteiger partial charge in [0, 0.05) is 24.9 Å². The predicted molar refractivity (Wildman–Crippen MR) is 104 cm³/mol. The standard InChI is InChI=1S/C11H20O2.C10H14N2/c1-2-3-4-5-6-7-8-9-10-11(12)13;1-12-7-3-5-10(12)9-4-2-6-11-8-9/h2H,1,3-10H2,(H,12,13);2,4,6,8,10H,3,5,7H2,1H3. The van der Waals surface area contributed by atoms with E-state index in [1.165, 1.54) is 50.6 Å². The zero-order valence-corrected chi connectivity index (χ0v) is 15.7. The largest absolute Gasteiger partial charge is 0.481 e. The fraction of sp³-hybridized carbons (Fsp3) is 0.619. The van der Waals surface area contributed by atoms with E-state index in [1.807, 2.05) is 24.5 Å². The first-order valence-corrected chi connectivity index (χ1v) is 9.58. The van der Waals surface area contributed by atoms with E-state index >= 15 is 0 Å². The summed E-state index contributed by atoms with van der Waals surface area (Å²) in [6, 6.07) is 4.79. The van der Waals surface area contributed by atoms with Crippen LogP contribution in [-0.2, 0) is 4.79 Å². The molecule has 0 aromatic carbocycles. The third-order valence-electron chi connectivity index (χ3n) is 4.64. The molecule has 2 heterocycles. The van der Waals surface area contributed by atoms with Crippen LogP contribution >= 0.6 is 0 Å². The highest BCUT2D eigenvalue weighted by molar-refractivity contribution is 5.66. The lowest BCUT2D eigenvalue weighted by Crippen LogP contribution is -2.17. The number of carbonyl (C=O) groups is 1. The van der Waals surface area contributed by atoms with Gasteiger partial charge in [0.2, 0.25) is 0 Å². The molecule has 1 N–H and O–H groups in total. The van der Waals surface area contributed by atoms with Crippen LogP contribution in [0.5, 0.6) is 0 Å². The Kier molecular flexibility index (Phi) is 11.6. The van der Waals surface area contributed by atoms with Crippen molar-refractivity contribution in [2.75, 3.05) is 13.6 Å². The van der Waals surface area contributed by atoms with Gasteiger partial charge in [-0.1, -0.05) is 37.8 Å². The SMILES string of the molecule is C=CCCCCCCCCC(=O)O.CN1CCCC1c1cccnc1. The van der Waals surface area contributed by atoms with Gasteiger partial charge in [0.25, 0.3) is 0 Å². The number of aliphatic carboxylic acids is 1. The lowest BCUT2D eigenvalue weighted by Gasteiger charge is -2.18. The Morgan fingerprint density at radius 1 is 1.32 bits per heavy atom. The van der Waals surface area contributed by atoms with E-state index in [2.05, 4.69) is 29.6 Å². The van der Waals surface area contributed by atoms with E-state index in [-0.39, 0.29) is 0 Å². The van der Waals surface area contributed by atoms with Gasteiger partial charge in [0.1, 0.15) is 0 Å². The van der Waals surface area contributed by atoms with Crippen molar-refractivity contribution >= 4 is 5.97 Å². The van der Waals surface area contributed by atoms with Crippen molar-refractivity contribution in [3.8, 4) is 0 Å². The second kappa shape index (κ2) is 13.6. The summed E-state index contributed by atoms with van der Waals surface area (Å²) in [5.41, 5.74) is 1.36. The first-order valence-electron chi connectivity index (χ1n) is 9.58. The second-order valence-corrected chi connectivity index (χ2v) is 6.77. The van der Waals surface area contributed by atoms with Gasteiger partial charge >= 0.3 is 5.97 Å². The third kappa shape index (κ3) is 10.0. The molecule has 25 heavy (non-hydrogen) atoms. The average molecular weight is 347 g/mol. The lowest BCUT2D eigenvalue weighted by atomic mass is 10.1. The number of hydrogen-bond donors (Lipinski definition) is 1. The Hall–Kier alpha value is -1.68. The quantitative estimate of drug-likeness (QED) is 0.466. The zero-order chi connectivity index (χ0) is 18.3. The Balaban J connectivity index is 0.000000250. The monoisotopic (exact) mass is 346 g/mol. The van der Waals surface area contributed by atoms with Gasteiger partial charge in [-0.2, -0.15) is 0 Å². The van der Waals surface area contributed by atoms with Crippen molar-refractivity contribution in [1.82, 2.24) is 9.88 Å². The van der Waals surface area contributed by atoms with Gasteiger partial charge in [-0.25, -0.2) is 0 Å². The molecule has 1 fully saturated rings. The van der Waals surface area contributed by atoms with E-state index in [4.69, 9.17) is 5.11 Å². The Labute approximate surface area is 153 Å². The lowest BCUT2D eigenvalue weighted by molar-refractivity contribution is -0.137. The van der Waals surface area contributed by atoms with Gasteiger partial charge in [-0.15, -0.1) is 6.58 Å². The van der Waals surface area contributed by atoms with Gasteiger partial charge < -0.3 is 5.11 Å². The van der Waals surface area contributed by atoms with Gasteiger partial charge in [0.15, 0.2) is 0 Å². The fourth-order valence-corrected chi connectivity index (χ4v) is 3.18. The molecule has 0 spiro atoms. The summed E-state index contributed by atoms with van der Waals surface area (Å²) in [6.07, 6.45) is 16.5. The van der Waals surface area contributed by atoms with E-state index in [0.717, 1.165) is 19.3 Å². The molecule has 0 aliphatic carbocycles. The van der Waals surface area contributed by atoms with Gasteiger partial charge in [0.05, 0.1) is 0 Å². The second-order valence-electron chi connectivity index (χ2n) is 6.77. The molecule has 1 unspecified atom stereocenters. The van der Waals surface area contributed by atoms with Crippen LogP contribution in [0, 0.1) is 0 Å². The minimum atomic E-state index is -0.674. The Bertz CT molecular complexity index is 476. The number of allylic oxidation sites excluding steroid dienone is 1. The molecule has 4 heteroatoms. The zero-order valence-electron chi connectivity index (χ0n) is 15.7. The summed E-state index contributed by atoms with van der Waals surface area (Å²) < 4.78 is 0. The number of pyridine rings is 1. The molecule has 1 aromatic rings. The maximum Gasteiger partial charge on any atom is 0.303 e. The summed E-state index contributed by atoms with van der Waals surface area (Å²) in [5, 5.41) is 8.38. The summed E-state index contributed by atoms with van der Waals surface area (Å²) in [5.74, 6) is -0.674. The fourth-order valence-electron chi connectivity index (χ4n) is 3.18.